The molecule has 1 aromatic carbocycles. The van der Waals surface area contributed by atoms with E-state index in [2.05, 4.69) is 25.4 Å². The molecule has 1 saturated carbocycles. The number of hydrogen-bond acceptors (Lipinski definition) is 7. The van der Waals surface area contributed by atoms with Crippen molar-refractivity contribution in [2.75, 3.05) is 0 Å². The van der Waals surface area contributed by atoms with Gasteiger partial charge in [0.2, 0.25) is 0 Å². The number of aromatic amines is 3. The number of fused-ring (bicyclic) bond motifs is 2. The van der Waals surface area contributed by atoms with E-state index in [1.165, 1.54) is 11.3 Å². The van der Waals surface area contributed by atoms with Crippen molar-refractivity contribution >= 4 is 44.3 Å². The van der Waals surface area contributed by atoms with Crippen LogP contribution in [0.2, 0.25) is 0 Å². The van der Waals surface area contributed by atoms with Crippen molar-refractivity contribution in [2.24, 2.45) is 5.73 Å². The van der Waals surface area contributed by atoms with E-state index < -0.39 is 17.5 Å². The van der Waals surface area contributed by atoms with Crippen molar-refractivity contribution in [2.45, 2.75) is 64.1 Å². The number of aliphatic hydroxyl groups is 1. The molecule has 10 nitrogen and oxygen atoms in total. The van der Waals surface area contributed by atoms with Gasteiger partial charge in [-0.15, -0.1) is 11.3 Å². The Kier molecular flexibility index (Phi) is 6.27. The zero-order chi connectivity index (χ0) is 27.3. The van der Waals surface area contributed by atoms with Gasteiger partial charge in [-0.25, -0.2) is 4.79 Å². The first kappa shape index (κ1) is 25.3. The number of carbonyl (C=O) groups excluding carboxylic acids is 2. The number of primary amides is 1. The molecule has 4 heterocycles. The zero-order valence-electron chi connectivity index (χ0n) is 21.8. The van der Waals surface area contributed by atoms with E-state index in [1.54, 1.807) is 32.2 Å². The summed E-state index contributed by atoms with van der Waals surface area (Å²) in [4.78, 5) is 30.4. The third-order valence-corrected chi connectivity index (χ3v) is 8.36. The van der Waals surface area contributed by atoms with Crippen LogP contribution < -0.4 is 5.73 Å². The summed E-state index contributed by atoms with van der Waals surface area (Å²) in [5.74, 6) is -1.05. The minimum Gasteiger partial charge on any atom is -0.459 e. The maximum Gasteiger partial charge on any atom is 0.338 e. The van der Waals surface area contributed by atoms with Crippen LogP contribution in [0.4, 0.5) is 0 Å². The summed E-state index contributed by atoms with van der Waals surface area (Å²) in [5.41, 5.74) is 9.43. The highest BCUT2D eigenvalue weighted by molar-refractivity contribution is 7.22. The van der Waals surface area contributed by atoms with Crippen LogP contribution in [0.25, 0.3) is 42.9 Å². The predicted molar refractivity (Wildman–Crippen MR) is 150 cm³/mol. The summed E-state index contributed by atoms with van der Waals surface area (Å²) in [5, 5.41) is 25.7. The number of H-pyrrole nitrogens is 3. The first-order valence-corrected chi connectivity index (χ1v) is 13.9. The minimum absolute atomic E-state index is 0.0966. The molecule has 0 saturated heterocycles. The average molecular weight is 547 g/mol. The van der Waals surface area contributed by atoms with E-state index >= 15 is 0 Å². The quantitative estimate of drug-likeness (QED) is 0.179. The molecule has 0 atom stereocenters. The lowest BCUT2D eigenvalue weighted by atomic mass is 9.92. The standard InChI is InChI=1S/C28H30N6O4S/c1-28(2,37)11-15-8-14(27(36)38-17-6-4-3-5-7-17)9-18-21(15)22(26(29)35)23(32-18)24-25-19(33-34-24)10-20(39-25)16-12-30-31-13-16/h8-10,12-13,17,32,37H,3-7,11H2,1-2H3,(H2,29,35)(H,30,31)(H,33,34). The number of esters is 1. The number of ether oxygens (including phenoxy) is 1. The Morgan fingerprint density at radius 2 is 1.97 bits per heavy atom. The second kappa shape index (κ2) is 9.65. The van der Waals surface area contributed by atoms with Crippen LogP contribution in [0.1, 0.15) is 72.2 Å². The van der Waals surface area contributed by atoms with Gasteiger partial charge in [-0.3, -0.25) is 15.0 Å². The second-order valence-corrected chi connectivity index (χ2v) is 11.9. The molecule has 6 rings (SSSR count). The molecule has 4 aromatic heterocycles. The van der Waals surface area contributed by atoms with Gasteiger partial charge in [0.15, 0.2) is 0 Å². The van der Waals surface area contributed by atoms with Gasteiger partial charge in [0.05, 0.1) is 38.8 Å². The number of benzene rings is 1. The van der Waals surface area contributed by atoms with Gasteiger partial charge in [-0.2, -0.15) is 10.2 Å². The fraction of sp³-hybridized carbons (Fsp3) is 0.357. The molecule has 0 unspecified atom stereocenters. The van der Waals surface area contributed by atoms with Gasteiger partial charge in [-0.05, 0) is 63.3 Å². The van der Waals surface area contributed by atoms with E-state index in [-0.39, 0.29) is 18.1 Å². The summed E-state index contributed by atoms with van der Waals surface area (Å²) < 4.78 is 6.68. The van der Waals surface area contributed by atoms with Crippen molar-refractivity contribution in [3.8, 4) is 21.8 Å². The van der Waals surface area contributed by atoms with Gasteiger partial charge in [-0.1, -0.05) is 6.42 Å². The number of nitrogens with one attached hydrogen (secondary N) is 3. The number of amides is 1. The van der Waals surface area contributed by atoms with Crippen molar-refractivity contribution in [3.05, 3.63) is 47.3 Å². The Morgan fingerprint density at radius 3 is 2.67 bits per heavy atom. The molecule has 1 aliphatic rings. The molecule has 202 valence electrons. The van der Waals surface area contributed by atoms with Crippen LogP contribution in [0.15, 0.2) is 30.6 Å². The molecular formula is C28H30N6O4S. The number of thiophene rings is 1. The third-order valence-electron chi connectivity index (χ3n) is 7.17. The number of aromatic nitrogens is 5. The molecule has 0 aliphatic heterocycles. The topological polar surface area (TPSA) is 163 Å². The Bertz CT molecular complexity index is 1680. The molecule has 39 heavy (non-hydrogen) atoms. The zero-order valence-corrected chi connectivity index (χ0v) is 22.6. The highest BCUT2D eigenvalue weighted by atomic mass is 32.1. The Hall–Kier alpha value is -3.96. The van der Waals surface area contributed by atoms with Crippen LogP contribution in [0.3, 0.4) is 0 Å². The summed E-state index contributed by atoms with van der Waals surface area (Å²) >= 11 is 1.52. The smallest absolute Gasteiger partial charge is 0.338 e. The molecule has 1 amide bonds. The molecule has 0 radical (unpaired) electrons. The number of nitrogens with two attached hydrogens (primary N) is 1. The van der Waals surface area contributed by atoms with Crippen LogP contribution in [0.5, 0.6) is 0 Å². The number of nitrogens with zero attached hydrogens (tertiary/aromatic N) is 2. The highest BCUT2D eigenvalue weighted by Crippen LogP contribution is 2.41. The first-order chi connectivity index (χ1) is 18.7. The summed E-state index contributed by atoms with van der Waals surface area (Å²) in [6.45, 7) is 3.37. The second-order valence-electron chi connectivity index (χ2n) is 10.9. The molecule has 0 bridgehead atoms. The Balaban J connectivity index is 1.50. The van der Waals surface area contributed by atoms with Crippen molar-refractivity contribution in [1.29, 1.82) is 0 Å². The monoisotopic (exact) mass is 546 g/mol. The van der Waals surface area contributed by atoms with Crippen molar-refractivity contribution in [3.63, 3.8) is 0 Å². The fourth-order valence-corrected chi connectivity index (χ4v) is 6.57. The van der Waals surface area contributed by atoms with Crippen LogP contribution in [0, 0.1) is 0 Å². The summed E-state index contributed by atoms with van der Waals surface area (Å²) in [6.07, 6.45) is 8.63. The summed E-state index contributed by atoms with van der Waals surface area (Å²) in [7, 11) is 0. The molecule has 1 fully saturated rings. The van der Waals surface area contributed by atoms with E-state index in [0.29, 0.717) is 33.4 Å². The maximum atomic E-state index is 13.2. The van der Waals surface area contributed by atoms with Crippen molar-refractivity contribution < 1.29 is 19.4 Å². The van der Waals surface area contributed by atoms with E-state index in [1.807, 2.05) is 12.3 Å². The van der Waals surface area contributed by atoms with E-state index in [9.17, 15) is 14.7 Å². The Morgan fingerprint density at radius 1 is 1.18 bits per heavy atom. The minimum atomic E-state index is -1.10. The average Bonchev–Trinajstić information content (AvgIpc) is 3.65. The molecular weight excluding hydrogens is 516 g/mol. The van der Waals surface area contributed by atoms with Gasteiger partial charge in [0.25, 0.3) is 5.91 Å². The lowest BCUT2D eigenvalue weighted by molar-refractivity contribution is 0.0210. The van der Waals surface area contributed by atoms with Gasteiger partial charge < -0.3 is 20.6 Å². The van der Waals surface area contributed by atoms with Gasteiger partial charge in [0, 0.05) is 34.0 Å². The van der Waals surface area contributed by atoms with Crippen LogP contribution >= 0.6 is 11.3 Å². The largest absolute Gasteiger partial charge is 0.459 e. The molecule has 6 N–H and O–H groups in total. The molecule has 11 heteroatoms. The number of rotatable bonds is 7. The predicted octanol–water partition coefficient (Wildman–Crippen LogP) is 5.06. The molecule has 1 aliphatic carbocycles. The highest BCUT2D eigenvalue weighted by Gasteiger charge is 2.28. The van der Waals surface area contributed by atoms with Gasteiger partial charge in [0.1, 0.15) is 11.8 Å². The van der Waals surface area contributed by atoms with Crippen LogP contribution in [-0.2, 0) is 11.2 Å². The fourth-order valence-electron chi connectivity index (χ4n) is 5.48. The molecule has 0 spiro atoms. The SMILES string of the molecule is CC(C)(O)Cc1cc(C(=O)OC2CCCCC2)cc2[nH]c(-c3n[nH]c4cc(-c5cn[nH]c5)sc34)c(C(N)=O)c12. The van der Waals surface area contributed by atoms with Crippen LogP contribution in [-0.4, -0.2) is 54.1 Å². The van der Waals surface area contributed by atoms with Gasteiger partial charge >= 0.3 is 5.97 Å². The maximum absolute atomic E-state index is 13.2. The normalized spacial score (nSPS) is 14.8. The third kappa shape index (κ3) is 4.83. The lowest BCUT2D eigenvalue weighted by Crippen LogP contribution is -2.23. The number of hydrogen-bond donors (Lipinski definition) is 5. The van der Waals surface area contributed by atoms with E-state index in [4.69, 9.17) is 10.5 Å². The first-order valence-electron chi connectivity index (χ1n) is 13.1. The Labute approximate surface area is 227 Å². The molecule has 5 aromatic rings. The van der Waals surface area contributed by atoms with Crippen molar-refractivity contribution in [1.82, 2.24) is 25.4 Å². The lowest BCUT2D eigenvalue weighted by Gasteiger charge is -2.22. The van der Waals surface area contributed by atoms with E-state index in [0.717, 1.165) is 52.8 Å². The number of carbonyl (C=O) groups is 2. The summed E-state index contributed by atoms with van der Waals surface area (Å²) in [6, 6.07) is 5.38.